The summed E-state index contributed by atoms with van der Waals surface area (Å²) in [5.74, 6) is 0.754. The van der Waals surface area contributed by atoms with Crippen molar-refractivity contribution in [3.8, 4) is 5.75 Å². The van der Waals surface area contributed by atoms with Gasteiger partial charge in [0.1, 0.15) is 18.1 Å². The van der Waals surface area contributed by atoms with Gasteiger partial charge in [0.25, 0.3) is 0 Å². The molecule has 0 aliphatic rings. The molecule has 0 amide bonds. The first-order valence-electron chi connectivity index (χ1n) is 6.35. The number of ether oxygens (including phenoxy) is 1. The molecule has 0 aliphatic carbocycles. The van der Waals surface area contributed by atoms with Crippen LogP contribution in [-0.4, -0.2) is 17.4 Å². The molecular formula is C16H19NO2. The summed E-state index contributed by atoms with van der Waals surface area (Å²) < 4.78 is 5.55. The molecule has 0 aromatic heterocycles. The average molecular weight is 257 g/mol. The number of para-hydroxylation sites is 1. The molecule has 3 heteroatoms. The van der Waals surface area contributed by atoms with E-state index in [4.69, 9.17) is 4.74 Å². The highest BCUT2D eigenvalue weighted by Crippen LogP contribution is 2.11. The van der Waals surface area contributed by atoms with Crippen molar-refractivity contribution in [2.75, 3.05) is 6.61 Å². The van der Waals surface area contributed by atoms with Gasteiger partial charge in [0.05, 0.1) is 0 Å². The Balaban J connectivity index is 1.82. The van der Waals surface area contributed by atoms with E-state index in [-0.39, 0.29) is 6.61 Å². The van der Waals surface area contributed by atoms with E-state index in [1.807, 2.05) is 60.7 Å². The zero-order valence-corrected chi connectivity index (χ0v) is 11.0. The number of aliphatic hydroxyl groups is 1. The highest BCUT2D eigenvalue weighted by Gasteiger charge is 2.20. The van der Waals surface area contributed by atoms with Gasteiger partial charge < -0.3 is 9.84 Å². The van der Waals surface area contributed by atoms with Gasteiger partial charge in [-0.05, 0) is 24.6 Å². The van der Waals surface area contributed by atoms with Crippen LogP contribution in [0.3, 0.4) is 0 Å². The topological polar surface area (TPSA) is 41.5 Å². The van der Waals surface area contributed by atoms with Gasteiger partial charge in [0, 0.05) is 6.54 Å². The quantitative estimate of drug-likeness (QED) is 0.781. The van der Waals surface area contributed by atoms with Gasteiger partial charge in [-0.25, -0.2) is 0 Å². The molecule has 0 heterocycles. The molecule has 2 aromatic rings. The number of benzene rings is 2. The fourth-order valence-electron chi connectivity index (χ4n) is 1.68. The molecule has 0 spiro atoms. The fourth-order valence-corrected chi connectivity index (χ4v) is 1.68. The predicted octanol–water partition coefficient (Wildman–Crippen LogP) is 2.56. The van der Waals surface area contributed by atoms with E-state index in [1.54, 1.807) is 6.92 Å². The Bertz CT molecular complexity index is 437. The molecule has 3 nitrogen and oxygen atoms in total. The van der Waals surface area contributed by atoms with Crippen LogP contribution >= 0.6 is 0 Å². The number of hydrogen-bond donors (Lipinski definition) is 2. The van der Waals surface area contributed by atoms with Gasteiger partial charge in [0.2, 0.25) is 0 Å². The van der Waals surface area contributed by atoms with E-state index in [0.717, 1.165) is 11.3 Å². The second-order valence-corrected chi connectivity index (χ2v) is 4.71. The SMILES string of the molecule is CC(O)(COc1ccccc1)NCc1ccccc1. The van der Waals surface area contributed by atoms with Crippen LogP contribution in [0, 0.1) is 0 Å². The molecule has 0 aliphatic heterocycles. The molecule has 1 atom stereocenters. The second kappa shape index (κ2) is 6.36. The van der Waals surface area contributed by atoms with Crippen molar-refractivity contribution in [2.24, 2.45) is 0 Å². The molecule has 0 fully saturated rings. The number of rotatable bonds is 6. The van der Waals surface area contributed by atoms with Crippen LogP contribution < -0.4 is 10.1 Å². The van der Waals surface area contributed by atoms with E-state index in [9.17, 15) is 5.11 Å². The van der Waals surface area contributed by atoms with Crippen molar-refractivity contribution in [1.29, 1.82) is 0 Å². The normalized spacial score (nSPS) is 13.8. The van der Waals surface area contributed by atoms with E-state index in [0.29, 0.717) is 6.54 Å². The highest BCUT2D eigenvalue weighted by atomic mass is 16.5. The minimum atomic E-state index is -1.06. The Morgan fingerprint density at radius 2 is 1.58 bits per heavy atom. The Labute approximate surface area is 113 Å². The highest BCUT2D eigenvalue weighted by molar-refractivity contribution is 5.21. The minimum Gasteiger partial charge on any atom is -0.489 e. The van der Waals surface area contributed by atoms with Crippen LogP contribution in [0.1, 0.15) is 12.5 Å². The molecule has 100 valence electrons. The molecule has 2 N–H and O–H groups in total. The molecular weight excluding hydrogens is 238 g/mol. The third-order valence-corrected chi connectivity index (χ3v) is 2.78. The molecule has 0 saturated heterocycles. The summed E-state index contributed by atoms with van der Waals surface area (Å²) in [4.78, 5) is 0. The largest absolute Gasteiger partial charge is 0.489 e. The Hall–Kier alpha value is -1.84. The van der Waals surface area contributed by atoms with E-state index in [1.165, 1.54) is 0 Å². The van der Waals surface area contributed by atoms with Crippen LogP contribution in [0.2, 0.25) is 0 Å². The van der Waals surface area contributed by atoms with Gasteiger partial charge in [0.15, 0.2) is 0 Å². The lowest BCUT2D eigenvalue weighted by molar-refractivity contribution is -0.0197. The summed E-state index contributed by atoms with van der Waals surface area (Å²) >= 11 is 0. The standard InChI is InChI=1S/C16H19NO2/c1-16(18,13-19-15-10-6-3-7-11-15)17-12-14-8-4-2-5-9-14/h2-11,17-18H,12-13H2,1H3. The summed E-state index contributed by atoms with van der Waals surface area (Å²) in [6.07, 6.45) is 0. The molecule has 2 rings (SSSR count). The lowest BCUT2D eigenvalue weighted by atomic mass is 10.2. The second-order valence-electron chi connectivity index (χ2n) is 4.71. The van der Waals surface area contributed by atoms with Crippen LogP contribution in [0.15, 0.2) is 60.7 Å². The first-order chi connectivity index (χ1) is 9.16. The first kappa shape index (κ1) is 13.6. The summed E-state index contributed by atoms with van der Waals surface area (Å²) in [7, 11) is 0. The van der Waals surface area contributed by atoms with Crippen LogP contribution in [0.25, 0.3) is 0 Å². The first-order valence-corrected chi connectivity index (χ1v) is 6.35. The van der Waals surface area contributed by atoms with E-state index >= 15 is 0 Å². The lowest BCUT2D eigenvalue weighted by Crippen LogP contribution is -2.46. The minimum absolute atomic E-state index is 0.198. The summed E-state index contributed by atoms with van der Waals surface area (Å²) in [5, 5.41) is 13.3. The smallest absolute Gasteiger partial charge is 0.147 e. The monoisotopic (exact) mass is 257 g/mol. The van der Waals surface area contributed by atoms with Gasteiger partial charge in [-0.1, -0.05) is 48.5 Å². The average Bonchev–Trinajstić information content (AvgIpc) is 2.46. The Morgan fingerprint density at radius 3 is 2.21 bits per heavy atom. The molecule has 1 unspecified atom stereocenters. The van der Waals surface area contributed by atoms with Crippen molar-refractivity contribution in [3.05, 3.63) is 66.2 Å². The molecule has 0 bridgehead atoms. The zero-order valence-electron chi connectivity index (χ0n) is 11.0. The third kappa shape index (κ3) is 4.73. The number of nitrogens with one attached hydrogen (secondary N) is 1. The number of hydrogen-bond acceptors (Lipinski definition) is 3. The van der Waals surface area contributed by atoms with Gasteiger partial charge >= 0.3 is 0 Å². The van der Waals surface area contributed by atoms with Crippen molar-refractivity contribution >= 4 is 0 Å². The van der Waals surface area contributed by atoms with Crippen molar-refractivity contribution in [3.63, 3.8) is 0 Å². The molecule has 2 aromatic carbocycles. The maximum absolute atomic E-state index is 10.2. The summed E-state index contributed by atoms with van der Waals surface area (Å²) in [6.45, 7) is 2.51. The summed E-state index contributed by atoms with van der Waals surface area (Å²) in [5.41, 5.74) is 0.0635. The van der Waals surface area contributed by atoms with Crippen molar-refractivity contribution in [2.45, 2.75) is 19.2 Å². The Kier molecular flexibility index (Phi) is 4.55. The third-order valence-electron chi connectivity index (χ3n) is 2.78. The molecule has 19 heavy (non-hydrogen) atoms. The maximum atomic E-state index is 10.2. The van der Waals surface area contributed by atoms with Gasteiger partial charge in [-0.2, -0.15) is 0 Å². The molecule has 0 saturated carbocycles. The van der Waals surface area contributed by atoms with Crippen molar-refractivity contribution < 1.29 is 9.84 Å². The predicted molar refractivity (Wildman–Crippen MR) is 75.8 cm³/mol. The van der Waals surface area contributed by atoms with E-state index in [2.05, 4.69) is 5.32 Å². The molecule has 0 radical (unpaired) electrons. The van der Waals surface area contributed by atoms with Crippen LogP contribution in [0.4, 0.5) is 0 Å². The van der Waals surface area contributed by atoms with Crippen LogP contribution in [0.5, 0.6) is 5.75 Å². The zero-order chi connectivity index (χ0) is 13.6. The fraction of sp³-hybridized carbons (Fsp3) is 0.250. The lowest BCUT2D eigenvalue weighted by Gasteiger charge is -2.25. The van der Waals surface area contributed by atoms with Crippen LogP contribution in [-0.2, 0) is 6.54 Å². The van der Waals surface area contributed by atoms with E-state index < -0.39 is 5.72 Å². The van der Waals surface area contributed by atoms with Gasteiger partial charge in [-0.3, -0.25) is 5.32 Å². The Morgan fingerprint density at radius 1 is 1.00 bits per heavy atom. The van der Waals surface area contributed by atoms with Crippen molar-refractivity contribution in [1.82, 2.24) is 5.32 Å². The maximum Gasteiger partial charge on any atom is 0.147 e. The van der Waals surface area contributed by atoms with Gasteiger partial charge in [-0.15, -0.1) is 0 Å². The summed E-state index contributed by atoms with van der Waals surface area (Å²) in [6, 6.07) is 19.4.